The van der Waals surface area contributed by atoms with E-state index in [9.17, 15) is 4.79 Å². The first kappa shape index (κ1) is 10.5. The Morgan fingerprint density at radius 3 is 2.50 bits per heavy atom. The van der Waals surface area contributed by atoms with E-state index in [-0.39, 0.29) is 5.56 Å². The number of thiocarbonyl (C=S) groups is 1. The van der Waals surface area contributed by atoms with Gasteiger partial charge in [-0.3, -0.25) is 9.36 Å². The highest BCUT2D eigenvalue weighted by Gasteiger charge is 1.97. The summed E-state index contributed by atoms with van der Waals surface area (Å²) >= 11 is 4.51. The summed E-state index contributed by atoms with van der Waals surface area (Å²) in [6, 6.07) is 12.2. The smallest absolute Gasteiger partial charge is 0.255 e. The summed E-state index contributed by atoms with van der Waals surface area (Å²) in [5.74, 6) is 0. The van der Waals surface area contributed by atoms with Crippen molar-refractivity contribution >= 4 is 23.1 Å². The van der Waals surface area contributed by atoms with Crippen LogP contribution in [0.25, 0.3) is 5.69 Å². The molecule has 0 N–H and O–H groups in total. The van der Waals surface area contributed by atoms with Gasteiger partial charge in [-0.05, 0) is 42.5 Å². The highest BCUT2D eigenvalue weighted by atomic mass is 32.1. The van der Waals surface area contributed by atoms with Crippen LogP contribution in [0, 0.1) is 0 Å². The van der Waals surface area contributed by atoms with Crippen LogP contribution in [-0.2, 0) is 0 Å². The van der Waals surface area contributed by atoms with Crippen molar-refractivity contribution in [1.82, 2.24) is 4.57 Å². The van der Waals surface area contributed by atoms with Gasteiger partial charge in [0, 0.05) is 18.0 Å². The van der Waals surface area contributed by atoms with Crippen molar-refractivity contribution in [1.29, 1.82) is 0 Å². The number of hydrogen-bond donors (Lipinski definition) is 0. The monoisotopic (exact) mass is 228 g/mol. The topological polar surface area (TPSA) is 34.4 Å². The fourth-order valence-corrected chi connectivity index (χ4v) is 1.49. The molecule has 0 amide bonds. The summed E-state index contributed by atoms with van der Waals surface area (Å²) in [4.78, 5) is 15.4. The minimum atomic E-state index is -0.0615. The van der Waals surface area contributed by atoms with E-state index < -0.39 is 0 Å². The van der Waals surface area contributed by atoms with E-state index >= 15 is 0 Å². The van der Waals surface area contributed by atoms with E-state index in [0.29, 0.717) is 0 Å². The maximum atomic E-state index is 11.5. The molecule has 0 saturated heterocycles. The summed E-state index contributed by atoms with van der Waals surface area (Å²) in [5, 5.41) is 2.29. The van der Waals surface area contributed by atoms with Crippen LogP contribution in [0.4, 0.5) is 5.69 Å². The average Bonchev–Trinajstić information content (AvgIpc) is 2.31. The van der Waals surface area contributed by atoms with E-state index in [1.54, 1.807) is 29.0 Å². The maximum absolute atomic E-state index is 11.5. The van der Waals surface area contributed by atoms with Gasteiger partial charge in [-0.1, -0.05) is 6.07 Å². The summed E-state index contributed by atoms with van der Waals surface area (Å²) < 4.78 is 1.56. The summed E-state index contributed by atoms with van der Waals surface area (Å²) in [7, 11) is 0. The second-order valence-corrected chi connectivity index (χ2v) is 3.31. The van der Waals surface area contributed by atoms with Gasteiger partial charge >= 0.3 is 0 Å². The average molecular weight is 228 g/mol. The zero-order valence-corrected chi connectivity index (χ0v) is 9.15. The second kappa shape index (κ2) is 4.66. The summed E-state index contributed by atoms with van der Waals surface area (Å²) in [6.07, 6.45) is 1.72. The standard InChI is InChI=1S/C12H8N2OS/c15-12-3-1-2-8-14(12)11-6-4-10(5-7-11)13-9-16/h1-8H. The lowest BCUT2D eigenvalue weighted by atomic mass is 10.3. The quantitative estimate of drug-likeness (QED) is 0.585. The highest BCUT2D eigenvalue weighted by molar-refractivity contribution is 7.78. The van der Waals surface area contributed by atoms with Crippen LogP contribution in [0.1, 0.15) is 0 Å². The van der Waals surface area contributed by atoms with Crippen LogP contribution in [0.5, 0.6) is 0 Å². The van der Waals surface area contributed by atoms with Crippen molar-refractivity contribution in [2.45, 2.75) is 0 Å². The highest BCUT2D eigenvalue weighted by Crippen LogP contribution is 2.13. The second-order valence-electron chi connectivity index (χ2n) is 3.13. The van der Waals surface area contributed by atoms with Gasteiger partial charge in [-0.15, -0.1) is 0 Å². The number of aromatic nitrogens is 1. The summed E-state index contributed by atoms with van der Waals surface area (Å²) in [5.41, 5.74) is 1.46. The number of hydrogen-bond acceptors (Lipinski definition) is 3. The number of pyridine rings is 1. The van der Waals surface area contributed by atoms with Gasteiger partial charge < -0.3 is 0 Å². The van der Waals surface area contributed by atoms with E-state index in [4.69, 9.17) is 0 Å². The van der Waals surface area contributed by atoms with Gasteiger partial charge in [0.25, 0.3) is 5.56 Å². The molecule has 0 atom stereocenters. The SMILES string of the molecule is O=c1ccccn1-c1ccc(N=C=S)cc1. The Labute approximate surface area is 97.7 Å². The molecule has 78 valence electrons. The third-order valence-electron chi connectivity index (χ3n) is 2.13. The third kappa shape index (κ3) is 2.14. The Kier molecular flexibility index (Phi) is 3.05. The van der Waals surface area contributed by atoms with Crippen molar-refractivity contribution in [3.05, 3.63) is 59.0 Å². The van der Waals surface area contributed by atoms with Crippen molar-refractivity contribution in [2.75, 3.05) is 0 Å². The molecule has 2 rings (SSSR count). The van der Waals surface area contributed by atoms with Crippen molar-refractivity contribution in [3.8, 4) is 5.69 Å². The molecule has 0 radical (unpaired) electrons. The molecule has 0 aliphatic rings. The molecule has 0 aliphatic heterocycles. The molecule has 2 aromatic rings. The van der Waals surface area contributed by atoms with Crippen molar-refractivity contribution in [2.24, 2.45) is 4.99 Å². The van der Waals surface area contributed by atoms with Crippen molar-refractivity contribution < 1.29 is 0 Å². The molecule has 3 nitrogen and oxygen atoms in total. The molecule has 0 unspecified atom stereocenters. The lowest BCUT2D eigenvalue weighted by Crippen LogP contribution is -2.15. The van der Waals surface area contributed by atoms with E-state index in [1.807, 2.05) is 18.2 Å². The molecule has 0 saturated carbocycles. The zero-order chi connectivity index (χ0) is 11.4. The predicted molar refractivity (Wildman–Crippen MR) is 66.7 cm³/mol. The Bertz CT molecular complexity index is 595. The molecule has 16 heavy (non-hydrogen) atoms. The van der Waals surface area contributed by atoms with Crippen LogP contribution in [0.15, 0.2) is 58.4 Å². The van der Waals surface area contributed by atoms with Gasteiger partial charge in [0.15, 0.2) is 0 Å². The predicted octanol–water partition coefficient (Wildman–Crippen LogP) is 2.57. The van der Waals surface area contributed by atoms with Crippen LogP contribution in [0.2, 0.25) is 0 Å². The number of isothiocyanates is 1. The molecular weight excluding hydrogens is 220 g/mol. The van der Waals surface area contributed by atoms with E-state index in [2.05, 4.69) is 22.4 Å². The molecule has 0 aliphatic carbocycles. The summed E-state index contributed by atoms with van der Waals surface area (Å²) in [6.45, 7) is 0. The lowest BCUT2D eigenvalue weighted by molar-refractivity contribution is 0.990. The van der Waals surface area contributed by atoms with Crippen LogP contribution in [0.3, 0.4) is 0 Å². The molecule has 1 aromatic heterocycles. The normalized spacial score (nSPS) is 9.50. The maximum Gasteiger partial charge on any atom is 0.255 e. The van der Waals surface area contributed by atoms with E-state index in [1.165, 1.54) is 6.07 Å². The molecule has 1 heterocycles. The van der Waals surface area contributed by atoms with Crippen LogP contribution < -0.4 is 5.56 Å². The first-order valence-corrected chi connectivity index (χ1v) is 5.08. The Morgan fingerprint density at radius 2 is 1.88 bits per heavy atom. The number of aliphatic imine (C=N–C) groups is 1. The van der Waals surface area contributed by atoms with Crippen LogP contribution >= 0.6 is 12.2 Å². The number of rotatable bonds is 2. The largest absolute Gasteiger partial charge is 0.284 e. The van der Waals surface area contributed by atoms with Gasteiger partial charge in [0.05, 0.1) is 10.8 Å². The molecule has 0 spiro atoms. The first-order chi connectivity index (χ1) is 7.81. The number of benzene rings is 1. The van der Waals surface area contributed by atoms with Gasteiger partial charge in [0.1, 0.15) is 0 Å². The Hall–Kier alpha value is -2.03. The van der Waals surface area contributed by atoms with Gasteiger partial charge in [0.2, 0.25) is 0 Å². The lowest BCUT2D eigenvalue weighted by Gasteiger charge is -2.04. The molecule has 0 fully saturated rings. The van der Waals surface area contributed by atoms with Gasteiger partial charge in [-0.25, -0.2) is 0 Å². The van der Waals surface area contributed by atoms with Crippen LogP contribution in [-0.4, -0.2) is 9.73 Å². The van der Waals surface area contributed by atoms with Gasteiger partial charge in [-0.2, -0.15) is 4.99 Å². The minimum absolute atomic E-state index is 0.0615. The van der Waals surface area contributed by atoms with E-state index in [0.717, 1.165) is 11.4 Å². The third-order valence-corrected chi connectivity index (χ3v) is 2.22. The molecule has 4 heteroatoms. The Morgan fingerprint density at radius 1 is 1.12 bits per heavy atom. The fraction of sp³-hybridized carbons (Fsp3) is 0. The fourth-order valence-electron chi connectivity index (χ4n) is 1.38. The molecular formula is C12H8N2OS. The molecule has 0 bridgehead atoms. The Balaban J connectivity index is 2.46. The zero-order valence-electron chi connectivity index (χ0n) is 8.33. The minimum Gasteiger partial charge on any atom is -0.284 e. The first-order valence-electron chi connectivity index (χ1n) is 4.67. The number of nitrogens with zero attached hydrogens (tertiary/aromatic N) is 2. The molecule has 1 aromatic carbocycles. The van der Waals surface area contributed by atoms with Crippen molar-refractivity contribution in [3.63, 3.8) is 0 Å².